The first-order chi connectivity index (χ1) is 19.7. The first-order valence-electron chi connectivity index (χ1n) is 13.6. The van der Waals surface area contributed by atoms with E-state index in [1.54, 1.807) is 0 Å². The van der Waals surface area contributed by atoms with Gasteiger partial charge in [0.25, 0.3) is 9.70 Å². The van der Waals surface area contributed by atoms with Crippen molar-refractivity contribution in [1.29, 1.82) is 0 Å². The molecule has 0 aromatic heterocycles. The standard InChI is InChI=1S/C31H33Cl3N2O5/c32-31(33,34)30(39)35-16-21-3-1-4-23(13-21)24-5-2-6-25(14-24)29-40-27(18-36-12-11-26(38)17-36)15-28(41-29)22-9-7-20(19-37)8-10-22/h1-10,13-14,26-29,37-38H,11-12,15-19H2,(H,35,39)/t26-,27+,28-,29-/m0/s1. The molecule has 3 aromatic carbocycles. The lowest BCUT2D eigenvalue weighted by molar-refractivity contribution is -0.252. The molecular weight excluding hydrogens is 587 g/mol. The Kier molecular flexibility index (Phi) is 9.89. The predicted octanol–water partition coefficient (Wildman–Crippen LogP) is 5.44. The number of halogens is 3. The summed E-state index contributed by atoms with van der Waals surface area (Å²) in [4.78, 5) is 14.2. The van der Waals surface area contributed by atoms with Crippen LogP contribution in [0.15, 0.2) is 72.8 Å². The normalized spacial score (nSPS) is 23.4. The quantitative estimate of drug-likeness (QED) is 0.291. The average molecular weight is 620 g/mol. The van der Waals surface area contributed by atoms with Crippen molar-refractivity contribution in [3.63, 3.8) is 0 Å². The van der Waals surface area contributed by atoms with Crippen LogP contribution in [0.25, 0.3) is 11.1 Å². The Morgan fingerprint density at radius 3 is 2.37 bits per heavy atom. The molecule has 0 aliphatic carbocycles. The summed E-state index contributed by atoms with van der Waals surface area (Å²) >= 11 is 17.0. The summed E-state index contributed by atoms with van der Waals surface area (Å²) in [6, 6.07) is 23.6. The van der Waals surface area contributed by atoms with Gasteiger partial charge in [-0.05, 0) is 46.4 Å². The largest absolute Gasteiger partial charge is 0.392 e. The summed E-state index contributed by atoms with van der Waals surface area (Å²) in [5.41, 5.74) is 5.56. The van der Waals surface area contributed by atoms with Gasteiger partial charge < -0.3 is 25.0 Å². The monoisotopic (exact) mass is 618 g/mol. The molecule has 2 heterocycles. The van der Waals surface area contributed by atoms with Crippen LogP contribution in [0.2, 0.25) is 0 Å². The van der Waals surface area contributed by atoms with E-state index in [-0.39, 0.29) is 31.5 Å². The van der Waals surface area contributed by atoms with E-state index in [0.717, 1.165) is 46.3 Å². The van der Waals surface area contributed by atoms with Crippen molar-refractivity contribution in [3.8, 4) is 11.1 Å². The number of alkyl halides is 3. The summed E-state index contributed by atoms with van der Waals surface area (Å²) in [7, 11) is 0. The Morgan fingerprint density at radius 1 is 0.951 bits per heavy atom. The molecule has 0 radical (unpaired) electrons. The molecule has 2 aliphatic heterocycles. The second kappa shape index (κ2) is 13.4. The molecule has 2 fully saturated rings. The number of nitrogens with zero attached hydrogens (tertiary/aromatic N) is 1. The van der Waals surface area contributed by atoms with Gasteiger partial charge in [-0.2, -0.15) is 0 Å². The van der Waals surface area contributed by atoms with Crippen molar-refractivity contribution in [1.82, 2.24) is 10.2 Å². The third-order valence-electron chi connectivity index (χ3n) is 7.45. The van der Waals surface area contributed by atoms with Gasteiger partial charge in [-0.1, -0.05) is 95.5 Å². The van der Waals surface area contributed by atoms with Crippen molar-refractivity contribution >= 4 is 40.7 Å². The van der Waals surface area contributed by atoms with E-state index in [9.17, 15) is 15.0 Å². The van der Waals surface area contributed by atoms with Gasteiger partial charge in [-0.25, -0.2) is 0 Å². The number of amides is 1. The summed E-state index contributed by atoms with van der Waals surface area (Å²) < 4.78 is 11.0. The maximum atomic E-state index is 12.0. The molecule has 1 amide bonds. The molecule has 4 atom stereocenters. The van der Waals surface area contributed by atoms with Crippen LogP contribution in [0.4, 0.5) is 0 Å². The molecule has 10 heteroatoms. The number of hydrogen-bond donors (Lipinski definition) is 3. The molecule has 3 aromatic rings. The lowest BCUT2D eigenvalue weighted by Crippen LogP contribution is -2.38. The minimum Gasteiger partial charge on any atom is -0.392 e. The van der Waals surface area contributed by atoms with E-state index in [1.165, 1.54) is 0 Å². The number of ether oxygens (including phenoxy) is 2. The molecule has 218 valence electrons. The zero-order valence-corrected chi connectivity index (χ0v) is 24.7. The van der Waals surface area contributed by atoms with Crippen LogP contribution < -0.4 is 5.32 Å². The summed E-state index contributed by atoms with van der Waals surface area (Å²) in [5, 5.41) is 22.1. The SMILES string of the molecule is O=C(NCc1cccc(-c2cccc([C@H]3O[C@@H](CN4CC[C@H](O)C4)C[C@@H](c4ccc(CO)cc4)O3)c2)c1)C(Cl)(Cl)Cl. The molecule has 2 aliphatic rings. The van der Waals surface area contributed by atoms with Gasteiger partial charge in [0, 0.05) is 38.2 Å². The van der Waals surface area contributed by atoms with E-state index in [4.69, 9.17) is 44.3 Å². The van der Waals surface area contributed by atoms with Crippen molar-refractivity contribution in [3.05, 3.63) is 95.1 Å². The molecular formula is C31H33Cl3N2O5. The van der Waals surface area contributed by atoms with Gasteiger partial charge in [-0.15, -0.1) is 0 Å². The predicted molar refractivity (Wildman–Crippen MR) is 160 cm³/mol. The van der Waals surface area contributed by atoms with Gasteiger partial charge in [0.1, 0.15) is 0 Å². The van der Waals surface area contributed by atoms with Crippen molar-refractivity contribution < 1.29 is 24.5 Å². The van der Waals surface area contributed by atoms with Crippen LogP contribution in [0.5, 0.6) is 0 Å². The highest BCUT2D eigenvalue weighted by molar-refractivity contribution is 6.76. The highest BCUT2D eigenvalue weighted by Crippen LogP contribution is 2.39. The molecule has 41 heavy (non-hydrogen) atoms. The molecule has 2 saturated heterocycles. The number of carbonyl (C=O) groups is 1. The topological polar surface area (TPSA) is 91.3 Å². The lowest BCUT2D eigenvalue weighted by Gasteiger charge is -2.38. The fraction of sp³-hybridized carbons (Fsp3) is 0.387. The Labute approximate surface area is 254 Å². The van der Waals surface area contributed by atoms with Crippen LogP contribution in [-0.2, 0) is 27.4 Å². The number of hydrogen-bond acceptors (Lipinski definition) is 6. The number of carbonyl (C=O) groups excluding carboxylic acids is 1. The molecule has 0 saturated carbocycles. The second-order valence-electron chi connectivity index (χ2n) is 10.6. The minimum atomic E-state index is -2.02. The van der Waals surface area contributed by atoms with E-state index < -0.39 is 16.0 Å². The highest BCUT2D eigenvalue weighted by atomic mass is 35.6. The van der Waals surface area contributed by atoms with E-state index >= 15 is 0 Å². The summed E-state index contributed by atoms with van der Waals surface area (Å²) in [5.74, 6) is -0.681. The fourth-order valence-corrected chi connectivity index (χ4v) is 5.51. The van der Waals surface area contributed by atoms with Gasteiger partial charge in [0.05, 0.1) is 24.9 Å². The molecule has 3 N–H and O–H groups in total. The molecule has 7 nitrogen and oxygen atoms in total. The number of likely N-dealkylation sites (tertiary alicyclic amines) is 1. The third-order valence-corrected chi connectivity index (χ3v) is 7.97. The van der Waals surface area contributed by atoms with Crippen LogP contribution in [-0.4, -0.2) is 56.7 Å². The number of benzene rings is 3. The Bertz CT molecular complexity index is 1330. The first kappa shape index (κ1) is 30.3. The van der Waals surface area contributed by atoms with Gasteiger partial charge in [0.15, 0.2) is 6.29 Å². The van der Waals surface area contributed by atoms with Crippen LogP contribution >= 0.6 is 34.8 Å². The molecule has 0 unspecified atom stereocenters. The number of aliphatic hydroxyl groups is 2. The van der Waals surface area contributed by atoms with Gasteiger partial charge in [-0.3, -0.25) is 9.69 Å². The lowest BCUT2D eigenvalue weighted by atomic mass is 9.98. The number of rotatable bonds is 8. The number of nitrogens with one attached hydrogen (secondary N) is 1. The second-order valence-corrected chi connectivity index (χ2v) is 12.8. The minimum absolute atomic E-state index is 0.00921. The van der Waals surface area contributed by atoms with Crippen LogP contribution in [0.1, 0.15) is 47.5 Å². The summed E-state index contributed by atoms with van der Waals surface area (Å²) in [6.07, 6.45) is 0.297. The third kappa shape index (κ3) is 8.00. The summed E-state index contributed by atoms with van der Waals surface area (Å²) in [6.45, 7) is 2.42. The van der Waals surface area contributed by atoms with Crippen molar-refractivity contribution in [2.24, 2.45) is 0 Å². The zero-order chi connectivity index (χ0) is 29.0. The zero-order valence-electron chi connectivity index (χ0n) is 22.4. The fourth-order valence-electron chi connectivity index (χ4n) is 5.31. The van der Waals surface area contributed by atoms with Gasteiger partial charge in [0.2, 0.25) is 0 Å². The van der Waals surface area contributed by atoms with Crippen molar-refractivity contribution in [2.75, 3.05) is 19.6 Å². The smallest absolute Gasteiger partial charge is 0.272 e. The molecule has 0 bridgehead atoms. The molecule has 5 rings (SSSR count). The van der Waals surface area contributed by atoms with Crippen LogP contribution in [0, 0.1) is 0 Å². The Hall–Kier alpha value is -2.20. The number of aliphatic hydroxyl groups excluding tert-OH is 2. The maximum absolute atomic E-state index is 12.0. The van der Waals surface area contributed by atoms with Crippen LogP contribution in [0.3, 0.4) is 0 Å². The first-order valence-corrected chi connectivity index (χ1v) is 14.8. The van der Waals surface area contributed by atoms with E-state index in [2.05, 4.69) is 16.3 Å². The van der Waals surface area contributed by atoms with Crippen molar-refractivity contribution in [2.45, 2.75) is 54.4 Å². The van der Waals surface area contributed by atoms with E-state index in [1.807, 2.05) is 66.7 Å². The van der Waals surface area contributed by atoms with Gasteiger partial charge >= 0.3 is 0 Å². The number of β-amino-alcohol motifs (C(OH)–C–C–N with tert-alkyl or cyclic N) is 1. The van der Waals surface area contributed by atoms with E-state index in [0.29, 0.717) is 19.5 Å². The maximum Gasteiger partial charge on any atom is 0.272 e. The Morgan fingerprint density at radius 2 is 1.68 bits per heavy atom. The molecule has 0 spiro atoms. The highest BCUT2D eigenvalue weighted by Gasteiger charge is 2.34. The Balaban J connectivity index is 1.35. The average Bonchev–Trinajstić information content (AvgIpc) is 3.39.